The third kappa shape index (κ3) is 5.47. The van der Waals surface area contributed by atoms with Gasteiger partial charge in [0.2, 0.25) is 0 Å². The molecule has 0 radical (unpaired) electrons. The molecule has 0 spiro atoms. The highest BCUT2D eigenvalue weighted by molar-refractivity contribution is 4.70. The van der Waals surface area contributed by atoms with Crippen LogP contribution in [0.3, 0.4) is 0 Å². The normalized spacial score (nSPS) is 10.6. The molecule has 0 rings (SSSR count). The summed E-state index contributed by atoms with van der Waals surface area (Å²) in [5.41, 5.74) is 0. The summed E-state index contributed by atoms with van der Waals surface area (Å²) in [5, 5.41) is 8.09. The predicted octanol–water partition coefficient (Wildman–Crippen LogP) is 2.20. The van der Waals surface area contributed by atoms with Gasteiger partial charge in [-0.3, -0.25) is 4.39 Å². The SMILES string of the molecule is OC=CCCCCF. The van der Waals surface area contributed by atoms with Gasteiger partial charge in [-0.15, -0.1) is 0 Å². The number of aliphatic hydroxyl groups is 1. The first-order valence-corrected chi connectivity index (χ1v) is 2.77. The minimum Gasteiger partial charge on any atom is -0.516 e. The molecule has 0 aliphatic rings. The van der Waals surface area contributed by atoms with Crippen LogP contribution in [0, 0.1) is 0 Å². The van der Waals surface area contributed by atoms with E-state index in [-0.39, 0.29) is 6.67 Å². The zero-order chi connectivity index (χ0) is 6.24. The molecule has 0 aromatic carbocycles. The van der Waals surface area contributed by atoms with E-state index in [1.807, 2.05) is 0 Å². The van der Waals surface area contributed by atoms with Crippen LogP contribution in [0.4, 0.5) is 4.39 Å². The molecule has 0 unspecified atom stereocenters. The zero-order valence-corrected chi connectivity index (χ0v) is 4.81. The van der Waals surface area contributed by atoms with Crippen LogP contribution in [0.1, 0.15) is 19.3 Å². The van der Waals surface area contributed by atoms with Crippen molar-refractivity contribution in [2.24, 2.45) is 0 Å². The van der Waals surface area contributed by atoms with Crippen molar-refractivity contribution in [2.45, 2.75) is 19.3 Å². The average Bonchev–Trinajstić information content (AvgIpc) is 1.81. The van der Waals surface area contributed by atoms with E-state index in [0.29, 0.717) is 6.42 Å². The summed E-state index contributed by atoms with van der Waals surface area (Å²) in [6, 6.07) is 0. The smallest absolute Gasteiger partial charge is 0.0894 e. The van der Waals surface area contributed by atoms with Gasteiger partial charge in [-0.1, -0.05) is 6.08 Å². The molecule has 1 nitrogen and oxygen atoms in total. The Labute approximate surface area is 48.8 Å². The van der Waals surface area contributed by atoms with Crippen molar-refractivity contribution in [2.75, 3.05) is 6.67 Å². The number of alkyl halides is 1. The van der Waals surface area contributed by atoms with Gasteiger partial charge in [-0.05, 0) is 19.3 Å². The Morgan fingerprint density at radius 2 is 2.12 bits per heavy atom. The number of aliphatic hydroxyl groups excluding tert-OH is 1. The molecule has 0 fully saturated rings. The molecule has 0 atom stereocenters. The predicted molar refractivity (Wildman–Crippen MR) is 31.6 cm³/mol. The van der Waals surface area contributed by atoms with Crippen LogP contribution in [-0.2, 0) is 0 Å². The molecule has 1 N–H and O–H groups in total. The molecule has 0 aromatic heterocycles. The van der Waals surface area contributed by atoms with E-state index in [2.05, 4.69) is 0 Å². The molecule has 0 aliphatic carbocycles. The first-order chi connectivity index (χ1) is 3.91. The maximum Gasteiger partial charge on any atom is 0.0894 e. The summed E-state index contributed by atoms with van der Waals surface area (Å²) in [6.45, 7) is -0.251. The van der Waals surface area contributed by atoms with Gasteiger partial charge in [-0.2, -0.15) is 0 Å². The molecule has 8 heavy (non-hydrogen) atoms. The van der Waals surface area contributed by atoms with Gasteiger partial charge in [0.05, 0.1) is 12.9 Å². The van der Waals surface area contributed by atoms with E-state index in [0.717, 1.165) is 19.1 Å². The first kappa shape index (κ1) is 7.47. The second-order valence-electron chi connectivity index (χ2n) is 1.57. The Kier molecular flexibility index (Phi) is 6.04. The fourth-order valence-electron chi connectivity index (χ4n) is 0.431. The first-order valence-electron chi connectivity index (χ1n) is 2.77. The average molecular weight is 118 g/mol. The van der Waals surface area contributed by atoms with Crippen molar-refractivity contribution >= 4 is 0 Å². The van der Waals surface area contributed by atoms with Crippen LogP contribution in [0.15, 0.2) is 12.3 Å². The Hall–Kier alpha value is -0.530. The monoisotopic (exact) mass is 118 g/mol. The summed E-state index contributed by atoms with van der Waals surface area (Å²) in [6.07, 6.45) is 4.83. The Bertz CT molecular complexity index is 61.5. The molecule has 48 valence electrons. The third-order valence-electron chi connectivity index (χ3n) is 0.860. The maximum atomic E-state index is 11.3. The van der Waals surface area contributed by atoms with Gasteiger partial charge in [-0.25, -0.2) is 0 Å². The number of unbranched alkanes of at least 4 members (excludes halogenated alkanes) is 2. The summed E-state index contributed by atoms with van der Waals surface area (Å²) >= 11 is 0. The number of hydrogen-bond donors (Lipinski definition) is 1. The Balaban J connectivity index is 2.72. The van der Waals surface area contributed by atoms with Crippen LogP contribution in [0.25, 0.3) is 0 Å². The Morgan fingerprint density at radius 1 is 1.38 bits per heavy atom. The van der Waals surface area contributed by atoms with Crippen LogP contribution in [-0.4, -0.2) is 11.8 Å². The third-order valence-corrected chi connectivity index (χ3v) is 0.860. The molecule has 0 aromatic rings. The van der Waals surface area contributed by atoms with E-state index >= 15 is 0 Å². The van der Waals surface area contributed by atoms with Gasteiger partial charge in [0.1, 0.15) is 0 Å². The fraction of sp³-hybridized carbons (Fsp3) is 0.667. The highest BCUT2D eigenvalue weighted by Crippen LogP contribution is 1.95. The molecule has 0 heterocycles. The summed E-state index contributed by atoms with van der Waals surface area (Å²) in [7, 11) is 0. The second kappa shape index (κ2) is 6.47. The van der Waals surface area contributed by atoms with Crippen molar-refractivity contribution in [3.8, 4) is 0 Å². The number of halogens is 1. The van der Waals surface area contributed by atoms with Crippen LogP contribution >= 0.6 is 0 Å². The molecule has 0 aliphatic heterocycles. The molecule has 2 heteroatoms. The molecule has 0 saturated heterocycles. The lowest BCUT2D eigenvalue weighted by atomic mass is 10.2. The molecule has 0 amide bonds. The topological polar surface area (TPSA) is 20.2 Å². The molecule has 0 saturated carbocycles. The van der Waals surface area contributed by atoms with Gasteiger partial charge >= 0.3 is 0 Å². The van der Waals surface area contributed by atoms with E-state index in [1.54, 1.807) is 6.08 Å². The minimum atomic E-state index is -0.251. The van der Waals surface area contributed by atoms with Crippen molar-refractivity contribution in [3.05, 3.63) is 12.3 Å². The van der Waals surface area contributed by atoms with Gasteiger partial charge < -0.3 is 5.11 Å². The lowest BCUT2D eigenvalue weighted by molar-refractivity contribution is 0.455. The van der Waals surface area contributed by atoms with Crippen LogP contribution in [0.2, 0.25) is 0 Å². The maximum absolute atomic E-state index is 11.3. The molecule has 0 bridgehead atoms. The Morgan fingerprint density at radius 3 is 2.62 bits per heavy atom. The number of rotatable bonds is 4. The van der Waals surface area contributed by atoms with Gasteiger partial charge in [0.15, 0.2) is 0 Å². The quantitative estimate of drug-likeness (QED) is 0.443. The summed E-state index contributed by atoms with van der Waals surface area (Å²) in [4.78, 5) is 0. The number of hydrogen-bond acceptors (Lipinski definition) is 1. The summed E-state index contributed by atoms with van der Waals surface area (Å²) in [5.74, 6) is 0. The summed E-state index contributed by atoms with van der Waals surface area (Å²) < 4.78 is 11.3. The zero-order valence-electron chi connectivity index (χ0n) is 4.81. The van der Waals surface area contributed by atoms with Crippen LogP contribution in [0.5, 0.6) is 0 Å². The lowest BCUT2D eigenvalue weighted by Crippen LogP contribution is -1.74. The fourth-order valence-corrected chi connectivity index (χ4v) is 0.431. The van der Waals surface area contributed by atoms with E-state index in [9.17, 15) is 4.39 Å². The number of allylic oxidation sites excluding steroid dienone is 1. The van der Waals surface area contributed by atoms with Crippen molar-refractivity contribution in [1.82, 2.24) is 0 Å². The molecular weight excluding hydrogens is 107 g/mol. The minimum absolute atomic E-state index is 0.251. The van der Waals surface area contributed by atoms with Crippen molar-refractivity contribution in [1.29, 1.82) is 0 Å². The van der Waals surface area contributed by atoms with Crippen molar-refractivity contribution < 1.29 is 9.50 Å². The van der Waals surface area contributed by atoms with Crippen molar-refractivity contribution in [3.63, 3.8) is 0 Å². The highest BCUT2D eigenvalue weighted by atomic mass is 19.1. The van der Waals surface area contributed by atoms with E-state index in [1.165, 1.54) is 0 Å². The second-order valence-corrected chi connectivity index (χ2v) is 1.57. The highest BCUT2D eigenvalue weighted by Gasteiger charge is 1.81. The van der Waals surface area contributed by atoms with E-state index < -0.39 is 0 Å². The standard InChI is InChI=1S/C6H11FO/c7-5-3-1-2-4-6-8/h4,6,8H,1-3,5H2. The molecular formula is C6H11FO. The van der Waals surface area contributed by atoms with Gasteiger partial charge in [0.25, 0.3) is 0 Å². The lowest BCUT2D eigenvalue weighted by Gasteiger charge is -1.86. The van der Waals surface area contributed by atoms with Gasteiger partial charge in [0, 0.05) is 0 Å². The van der Waals surface area contributed by atoms with E-state index in [4.69, 9.17) is 5.11 Å². The van der Waals surface area contributed by atoms with Crippen LogP contribution < -0.4 is 0 Å². The largest absolute Gasteiger partial charge is 0.516 e.